The Labute approximate surface area is 113 Å². The minimum absolute atomic E-state index is 0.0904. The number of urea groups is 1. The molecule has 1 saturated heterocycles. The van der Waals surface area contributed by atoms with Gasteiger partial charge in [0, 0.05) is 44.1 Å². The van der Waals surface area contributed by atoms with E-state index in [1.165, 1.54) is 4.88 Å². The molecule has 0 atom stereocenters. The van der Waals surface area contributed by atoms with Crippen LogP contribution in [0.15, 0.2) is 17.5 Å². The number of nitrogens with zero attached hydrogens (tertiary/aromatic N) is 2. The molecule has 1 fully saturated rings. The Morgan fingerprint density at radius 2 is 2.17 bits per heavy atom. The number of nitrogens with one attached hydrogen (secondary N) is 1. The van der Waals surface area contributed by atoms with E-state index in [1.54, 1.807) is 11.3 Å². The lowest BCUT2D eigenvalue weighted by atomic mass is 10.3. The van der Waals surface area contributed by atoms with Gasteiger partial charge in [-0.2, -0.15) is 0 Å². The maximum Gasteiger partial charge on any atom is 0.317 e. The van der Waals surface area contributed by atoms with E-state index in [0.29, 0.717) is 0 Å². The molecule has 2 heterocycles. The first-order valence-corrected chi connectivity index (χ1v) is 7.45. The van der Waals surface area contributed by atoms with Crippen molar-refractivity contribution in [2.75, 3.05) is 32.7 Å². The summed E-state index contributed by atoms with van der Waals surface area (Å²) < 4.78 is 0. The number of carbonyl (C=O) groups is 1. The van der Waals surface area contributed by atoms with Crippen LogP contribution in [0, 0.1) is 0 Å². The van der Waals surface area contributed by atoms with Crippen LogP contribution in [0.1, 0.15) is 18.2 Å². The summed E-state index contributed by atoms with van der Waals surface area (Å²) in [4.78, 5) is 17.5. The summed E-state index contributed by atoms with van der Waals surface area (Å²) in [6, 6.07) is 4.35. The number of amides is 2. The average Bonchev–Trinajstić information content (AvgIpc) is 2.89. The monoisotopic (exact) mass is 267 g/mol. The lowest BCUT2D eigenvalue weighted by Gasteiger charge is -2.34. The summed E-state index contributed by atoms with van der Waals surface area (Å²) in [5.41, 5.74) is 0. The van der Waals surface area contributed by atoms with Crippen molar-refractivity contribution in [1.29, 1.82) is 0 Å². The van der Waals surface area contributed by atoms with E-state index in [0.717, 1.165) is 45.7 Å². The van der Waals surface area contributed by atoms with Gasteiger partial charge in [-0.3, -0.25) is 4.90 Å². The molecule has 0 aromatic carbocycles. The summed E-state index contributed by atoms with van der Waals surface area (Å²) in [7, 11) is 0. The second-order valence-electron chi connectivity index (χ2n) is 4.57. The lowest BCUT2D eigenvalue weighted by Crippen LogP contribution is -2.51. The molecule has 4 nitrogen and oxygen atoms in total. The molecule has 2 amide bonds. The smallest absolute Gasteiger partial charge is 0.317 e. The molecule has 1 aliphatic heterocycles. The molecule has 1 aliphatic rings. The Morgan fingerprint density at radius 1 is 1.39 bits per heavy atom. The van der Waals surface area contributed by atoms with Gasteiger partial charge in [-0.1, -0.05) is 13.0 Å². The summed E-state index contributed by atoms with van der Waals surface area (Å²) >= 11 is 1.80. The Morgan fingerprint density at radius 3 is 2.78 bits per heavy atom. The molecule has 0 unspecified atom stereocenters. The van der Waals surface area contributed by atoms with Crippen molar-refractivity contribution in [1.82, 2.24) is 15.1 Å². The van der Waals surface area contributed by atoms with E-state index >= 15 is 0 Å². The van der Waals surface area contributed by atoms with Crippen molar-refractivity contribution in [3.05, 3.63) is 22.4 Å². The third kappa shape index (κ3) is 3.71. The van der Waals surface area contributed by atoms with Crippen LogP contribution in [0.3, 0.4) is 0 Å². The van der Waals surface area contributed by atoms with Gasteiger partial charge >= 0.3 is 6.03 Å². The molecule has 18 heavy (non-hydrogen) atoms. The highest BCUT2D eigenvalue weighted by Gasteiger charge is 2.20. The Balaban J connectivity index is 1.72. The van der Waals surface area contributed by atoms with Crippen LogP contribution in [-0.2, 0) is 6.54 Å². The van der Waals surface area contributed by atoms with Crippen molar-refractivity contribution in [3.63, 3.8) is 0 Å². The highest BCUT2D eigenvalue weighted by Crippen LogP contribution is 2.13. The molecular formula is C13H21N3OS. The zero-order valence-electron chi connectivity index (χ0n) is 10.9. The molecule has 0 saturated carbocycles. The predicted octanol–water partition coefficient (Wildman–Crippen LogP) is 1.99. The van der Waals surface area contributed by atoms with E-state index < -0.39 is 0 Å². The molecule has 1 aromatic rings. The highest BCUT2D eigenvalue weighted by atomic mass is 32.1. The second-order valence-corrected chi connectivity index (χ2v) is 5.61. The predicted molar refractivity (Wildman–Crippen MR) is 74.9 cm³/mol. The van der Waals surface area contributed by atoms with E-state index in [-0.39, 0.29) is 6.03 Å². The maximum atomic E-state index is 11.8. The number of hydrogen-bond donors (Lipinski definition) is 1. The molecule has 0 radical (unpaired) electrons. The van der Waals surface area contributed by atoms with Crippen molar-refractivity contribution in [3.8, 4) is 0 Å². The molecule has 2 rings (SSSR count). The minimum atomic E-state index is 0.0904. The molecule has 100 valence electrons. The first-order valence-electron chi connectivity index (χ1n) is 6.57. The second kappa shape index (κ2) is 6.75. The summed E-state index contributed by atoms with van der Waals surface area (Å²) in [5.74, 6) is 0. The fraction of sp³-hybridized carbons (Fsp3) is 0.615. The van der Waals surface area contributed by atoms with Crippen LogP contribution in [0.5, 0.6) is 0 Å². The van der Waals surface area contributed by atoms with Gasteiger partial charge in [0.15, 0.2) is 0 Å². The minimum Gasteiger partial charge on any atom is -0.338 e. The van der Waals surface area contributed by atoms with Crippen LogP contribution < -0.4 is 5.32 Å². The van der Waals surface area contributed by atoms with Gasteiger partial charge < -0.3 is 10.2 Å². The SMILES string of the molecule is CCCNC(=O)N1CCN(Cc2cccs2)CC1. The Hall–Kier alpha value is -1.07. The van der Waals surface area contributed by atoms with Gasteiger partial charge in [0.1, 0.15) is 0 Å². The molecule has 0 aliphatic carbocycles. The molecule has 0 spiro atoms. The van der Waals surface area contributed by atoms with E-state index in [1.807, 2.05) is 4.90 Å². The van der Waals surface area contributed by atoms with Crippen molar-refractivity contribution in [2.45, 2.75) is 19.9 Å². The van der Waals surface area contributed by atoms with Crippen molar-refractivity contribution < 1.29 is 4.79 Å². The third-order valence-electron chi connectivity index (χ3n) is 3.15. The molecule has 5 heteroatoms. The third-order valence-corrected chi connectivity index (χ3v) is 4.01. The van der Waals surface area contributed by atoms with Crippen LogP contribution in [-0.4, -0.2) is 48.6 Å². The zero-order chi connectivity index (χ0) is 12.8. The molecular weight excluding hydrogens is 246 g/mol. The summed E-state index contributed by atoms with van der Waals surface area (Å²) in [6.45, 7) is 7.46. The first kappa shape index (κ1) is 13.4. The van der Waals surface area contributed by atoms with Crippen LogP contribution in [0.4, 0.5) is 4.79 Å². The van der Waals surface area contributed by atoms with Gasteiger partial charge in [-0.25, -0.2) is 4.79 Å². The highest BCUT2D eigenvalue weighted by molar-refractivity contribution is 7.09. The zero-order valence-corrected chi connectivity index (χ0v) is 11.7. The maximum absolute atomic E-state index is 11.8. The van der Waals surface area contributed by atoms with Crippen molar-refractivity contribution in [2.24, 2.45) is 0 Å². The summed E-state index contributed by atoms with van der Waals surface area (Å²) in [6.07, 6.45) is 0.990. The topological polar surface area (TPSA) is 35.6 Å². The Bertz CT molecular complexity index is 358. The van der Waals surface area contributed by atoms with Crippen LogP contribution in [0.2, 0.25) is 0 Å². The number of thiophene rings is 1. The molecule has 1 aromatic heterocycles. The lowest BCUT2D eigenvalue weighted by molar-refractivity contribution is 0.136. The van der Waals surface area contributed by atoms with Gasteiger partial charge in [0.05, 0.1) is 0 Å². The van der Waals surface area contributed by atoms with Gasteiger partial charge in [0.25, 0.3) is 0 Å². The Kier molecular flexibility index (Phi) is 5.01. The normalized spacial score (nSPS) is 16.8. The first-order chi connectivity index (χ1) is 8.79. The summed E-state index contributed by atoms with van der Waals surface area (Å²) in [5, 5.41) is 5.05. The number of piperazine rings is 1. The van der Waals surface area contributed by atoms with E-state index in [4.69, 9.17) is 0 Å². The number of carbonyl (C=O) groups excluding carboxylic acids is 1. The standard InChI is InChI=1S/C13H21N3OS/c1-2-5-14-13(17)16-8-6-15(7-9-16)11-12-4-3-10-18-12/h3-4,10H,2,5-9,11H2,1H3,(H,14,17). The number of hydrogen-bond acceptors (Lipinski definition) is 3. The average molecular weight is 267 g/mol. The van der Waals surface area contributed by atoms with Gasteiger partial charge in [0.2, 0.25) is 0 Å². The number of rotatable bonds is 4. The van der Waals surface area contributed by atoms with Gasteiger partial charge in [-0.05, 0) is 17.9 Å². The van der Waals surface area contributed by atoms with Crippen molar-refractivity contribution >= 4 is 17.4 Å². The quantitative estimate of drug-likeness (QED) is 0.905. The largest absolute Gasteiger partial charge is 0.338 e. The van der Waals surface area contributed by atoms with Crippen LogP contribution >= 0.6 is 11.3 Å². The van der Waals surface area contributed by atoms with Crippen LogP contribution in [0.25, 0.3) is 0 Å². The fourth-order valence-corrected chi connectivity index (χ4v) is 2.82. The van der Waals surface area contributed by atoms with E-state index in [2.05, 4.69) is 34.7 Å². The molecule has 1 N–H and O–H groups in total. The van der Waals surface area contributed by atoms with E-state index in [9.17, 15) is 4.79 Å². The fourth-order valence-electron chi connectivity index (χ4n) is 2.08. The molecule has 0 bridgehead atoms. The van der Waals surface area contributed by atoms with Gasteiger partial charge in [-0.15, -0.1) is 11.3 Å².